The molecular formula is C49H41N7O8. The molecule has 320 valence electrons. The van der Waals surface area contributed by atoms with Crippen molar-refractivity contribution in [1.29, 1.82) is 0 Å². The summed E-state index contributed by atoms with van der Waals surface area (Å²) in [4.78, 5) is 105. The van der Waals surface area contributed by atoms with E-state index in [1.807, 2.05) is 53.4 Å². The van der Waals surface area contributed by atoms with Gasteiger partial charge in [0.15, 0.2) is 5.76 Å². The van der Waals surface area contributed by atoms with E-state index in [0.717, 1.165) is 16.0 Å². The van der Waals surface area contributed by atoms with Crippen LogP contribution in [0.1, 0.15) is 67.3 Å². The maximum Gasteiger partial charge on any atom is 0.294 e. The number of nitrogens with one attached hydrogen (secondary N) is 2. The predicted molar refractivity (Wildman–Crippen MR) is 234 cm³/mol. The van der Waals surface area contributed by atoms with E-state index in [1.165, 1.54) is 23.4 Å². The minimum absolute atomic E-state index is 0.00774. The number of hydrogen-bond acceptors (Lipinski definition) is 10. The van der Waals surface area contributed by atoms with Gasteiger partial charge in [0.25, 0.3) is 17.7 Å². The maximum atomic E-state index is 15.0. The average molecular weight is 856 g/mol. The standard InChI is InChI=1S/C49H41N7O8/c57-41-22-21-39(44(58)51-41)56-46(60)37-20-19-36(29-38(37)47(56)61)53-24-26-54(27-25-53)49(63)42(33-11-5-2-6-12-33)52-45(59)43(34-13-7-23-50-30-34)55(48(62)40-14-8-28-64-40)35-17-15-32(16-18-35)31-9-3-1-4-10-31/h1-20,23,28-30,39,42-43H,21-22,24-27H2,(H,52,59)(H,51,57,58)/t39?,42-,43-/m1/s1. The molecule has 2 saturated heterocycles. The fourth-order valence-electron chi connectivity index (χ4n) is 8.48. The van der Waals surface area contributed by atoms with Crippen LogP contribution in [0.25, 0.3) is 11.1 Å². The molecule has 1 unspecified atom stereocenters. The number of aromatic nitrogens is 1. The molecule has 2 aromatic heterocycles. The molecule has 64 heavy (non-hydrogen) atoms. The molecule has 0 saturated carbocycles. The van der Waals surface area contributed by atoms with Crippen LogP contribution in [0.5, 0.6) is 0 Å². The van der Waals surface area contributed by atoms with Gasteiger partial charge in [0.05, 0.1) is 17.4 Å². The Bertz CT molecular complexity index is 2740. The molecule has 3 aliphatic heterocycles. The third-order valence-electron chi connectivity index (χ3n) is 11.8. The second-order valence-corrected chi connectivity index (χ2v) is 15.6. The highest BCUT2D eigenvalue weighted by molar-refractivity contribution is 6.23. The molecule has 5 heterocycles. The van der Waals surface area contributed by atoms with Crippen LogP contribution >= 0.6 is 0 Å². The molecule has 15 heteroatoms. The number of fused-ring (bicyclic) bond motifs is 1. The van der Waals surface area contributed by atoms with Crippen molar-refractivity contribution in [3.05, 3.63) is 174 Å². The smallest absolute Gasteiger partial charge is 0.294 e. The Kier molecular flexibility index (Phi) is 11.4. The van der Waals surface area contributed by atoms with Crippen LogP contribution in [0.2, 0.25) is 0 Å². The molecule has 0 radical (unpaired) electrons. The molecule has 15 nitrogen and oxygen atoms in total. The van der Waals surface area contributed by atoms with Crippen LogP contribution in [0, 0.1) is 0 Å². The highest BCUT2D eigenvalue weighted by Gasteiger charge is 2.45. The number of benzene rings is 4. The van der Waals surface area contributed by atoms with Crippen LogP contribution < -0.4 is 20.4 Å². The van der Waals surface area contributed by atoms with Crippen molar-refractivity contribution in [3.63, 3.8) is 0 Å². The molecule has 9 rings (SSSR count). The molecule has 0 bridgehead atoms. The zero-order valence-electron chi connectivity index (χ0n) is 34.3. The lowest BCUT2D eigenvalue weighted by molar-refractivity contribution is -0.137. The quantitative estimate of drug-likeness (QED) is 0.162. The van der Waals surface area contributed by atoms with E-state index in [-0.39, 0.29) is 48.7 Å². The van der Waals surface area contributed by atoms with Gasteiger partial charge in [-0.2, -0.15) is 0 Å². The van der Waals surface area contributed by atoms with Crippen molar-refractivity contribution in [2.45, 2.75) is 31.0 Å². The summed E-state index contributed by atoms with van der Waals surface area (Å²) >= 11 is 0. The van der Waals surface area contributed by atoms with Crippen LogP contribution in [0.15, 0.2) is 150 Å². The topological polar surface area (TPSA) is 183 Å². The Morgan fingerprint density at radius 2 is 1.42 bits per heavy atom. The van der Waals surface area contributed by atoms with Crippen LogP contribution in [-0.4, -0.2) is 88.4 Å². The normalized spacial score (nSPS) is 17.1. The summed E-state index contributed by atoms with van der Waals surface area (Å²) in [5.74, 6) is -3.91. The predicted octanol–water partition coefficient (Wildman–Crippen LogP) is 5.34. The zero-order valence-corrected chi connectivity index (χ0v) is 34.3. The Morgan fingerprint density at radius 3 is 2.09 bits per heavy atom. The largest absolute Gasteiger partial charge is 0.459 e. The number of amides is 7. The number of nitrogens with zero attached hydrogens (tertiary/aromatic N) is 5. The van der Waals surface area contributed by atoms with Crippen LogP contribution in [0.4, 0.5) is 11.4 Å². The monoisotopic (exact) mass is 855 g/mol. The van der Waals surface area contributed by atoms with E-state index in [9.17, 15) is 33.6 Å². The number of carbonyl (C=O) groups is 7. The number of rotatable bonds is 11. The van der Waals surface area contributed by atoms with Crippen molar-refractivity contribution in [2.24, 2.45) is 0 Å². The van der Waals surface area contributed by atoms with Crippen molar-refractivity contribution in [2.75, 3.05) is 36.0 Å². The van der Waals surface area contributed by atoms with Gasteiger partial charge >= 0.3 is 0 Å². The average Bonchev–Trinajstić information content (AvgIpc) is 3.97. The number of hydrogen-bond donors (Lipinski definition) is 2. The van der Waals surface area contributed by atoms with E-state index < -0.39 is 53.6 Å². The highest BCUT2D eigenvalue weighted by Crippen LogP contribution is 2.34. The first kappa shape index (κ1) is 41.2. The molecule has 3 aliphatic rings. The van der Waals surface area contributed by atoms with Gasteiger partial charge in [-0.05, 0) is 71.6 Å². The minimum Gasteiger partial charge on any atom is -0.459 e. The van der Waals surface area contributed by atoms with Crippen molar-refractivity contribution >= 4 is 52.7 Å². The maximum absolute atomic E-state index is 15.0. The number of imide groups is 2. The summed E-state index contributed by atoms with van der Waals surface area (Å²) in [6, 6.07) is 33.8. The van der Waals surface area contributed by atoms with Crippen molar-refractivity contribution < 1.29 is 38.0 Å². The third kappa shape index (κ3) is 8.01. The summed E-state index contributed by atoms with van der Waals surface area (Å²) in [7, 11) is 0. The SMILES string of the molecule is O=C1CCC(N2C(=O)c3ccc(N4CCN(C(=O)[C@H](NC(=O)[C@@H](c5cccnc5)N(C(=O)c5ccco5)c5ccc(-c6ccccc6)cc5)c5ccccc5)CC4)cc3C2=O)C(=O)N1. The molecule has 2 fully saturated rings. The second kappa shape index (κ2) is 17.6. The Hall–Kier alpha value is -8.20. The van der Waals surface area contributed by atoms with Gasteiger partial charge < -0.3 is 19.5 Å². The number of carbonyl (C=O) groups excluding carboxylic acids is 7. The van der Waals surface area contributed by atoms with Gasteiger partial charge in [-0.1, -0.05) is 78.9 Å². The van der Waals surface area contributed by atoms with Gasteiger partial charge in [-0.15, -0.1) is 0 Å². The Labute approximate surface area is 367 Å². The number of furan rings is 1. The van der Waals surface area contributed by atoms with Crippen LogP contribution in [0.3, 0.4) is 0 Å². The number of anilines is 2. The lowest BCUT2D eigenvalue weighted by atomic mass is 10.0. The Morgan fingerprint density at radius 1 is 0.734 bits per heavy atom. The summed E-state index contributed by atoms with van der Waals surface area (Å²) in [6.45, 7) is 1.24. The molecule has 2 N–H and O–H groups in total. The molecular weight excluding hydrogens is 815 g/mol. The Balaban J connectivity index is 0.967. The van der Waals surface area contributed by atoms with E-state index in [2.05, 4.69) is 15.6 Å². The second-order valence-electron chi connectivity index (χ2n) is 15.6. The minimum atomic E-state index is -1.30. The first-order valence-electron chi connectivity index (χ1n) is 20.8. The van der Waals surface area contributed by atoms with Crippen molar-refractivity contribution in [1.82, 2.24) is 25.4 Å². The lowest BCUT2D eigenvalue weighted by Gasteiger charge is -2.38. The molecule has 0 spiro atoms. The summed E-state index contributed by atoms with van der Waals surface area (Å²) in [5.41, 5.74) is 4.21. The van der Waals surface area contributed by atoms with E-state index >= 15 is 0 Å². The van der Waals surface area contributed by atoms with Crippen molar-refractivity contribution in [3.8, 4) is 11.1 Å². The molecule has 6 aromatic rings. The summed E-state index contributed by atoms with van der Waals surface area (Å²) < 4.78 is 5.57. The number of piperidine rings is 1. The molecule has 7 amide bonds. The zero-order chi connectivity index (χ0) is 44.3. The molecule has 3 atom stereocenters. The van der Waals surface area contributed by atoms with Gasteiger partial charge in [-0.25, -0.2) is 0 Å². The fourth-order valence-corrected chi connectivity index (χ4v) is 8.48. The van der Waals surface area contributed by atoms with E-state index in [0.29, 0.717) is 35.6 Å². The first-order valence-corrected chi connectivity index (χ1v) is 20.8. The van der Waals surface area contributed by atoms with E-state index in [1.54, 1.807) is 83.9 Å². The van der Waals surface area contributed by atoms with Gasteiger partial charge in [0.2, 0.25) is 23.6 Å². The van der Waals surface area contributed by atoms with Crippen LogP contribution in [-0.2, 0) is 19.2 Å². The summed E-state index contributed by atoms with van der Waals surface area (Å²) in [6.07, 6.45) is 4.54. The van der Waals surface area contributed by atoms with Gasteiger partial charge in [0.1, 0.15) is 18.1 Å². The van der Waals surface area contributed by atoms with Gasteiger partial charge in [-0.3, -0.25) is 53.7 Å². The summed E-state index contributed by atoms with van der Waals surface area (Å²) in [5, 5.41) is 5.23. The van der Waals surface area contributed by atoms with Gasteiger partial charge in [0, 0.05) is 61.9 Å². The number of piperazine rings is 1. The third-order valence-corrected chi connectivity index (χ3v) is 11.8. The fraction of sp³-hybridized carbons (Fsp3) is 0.184. The number of pyridine rings is 1. The molecule has 0 aliphatic carbocycles. The molecule has 4 aromatic carbocycles. The first-order chi connectivity index (χ1) is 31.2. The highest BCUT2D eigenvalue weighted by atomic mass is 16.3. The lowest BCUT2D eigenvalue weighted by Crippen LogP contribution is -2.54. The van der Waals surface area contributed by atoms with E-state index in [4.69, 9.17) is 4.42 Å².